The second kappa shape index (κ2) is 5.30. The van der Waals surface area contributed by atoms with Gasteiger partial charge in [-0.2, -0.15) is 0 Å². The van der Waals surface area contributed by atoms with Gasteiger partial charge in [-0.25, -0.2) is 4.98 Å². The van der Waals surface area contributed by atoms with E-state index >= 15 is 0 Å². The largest absolute Gasteiger partial charge is 0.466 e. The van der Waals surface area contributed by atoms with Crippen LogP contribution in [0.25, 0.3) is 22.4 Å². The highest BCUT2D eigenvalue weighted by atomic mass is 16.5. The average Bonchev–Trinajstić information content (AvgIpc) is 2.95. The van der Waals surface area contributed by atoms with Crippen LogP contribution in [0.15, 0.2) is 54.6 Å². The summed E-state index contributed by atoms with van der Waals surface area (Å²) in [6.07, 6.45) is 1.23. The van der Waals surface area contributed by atoms with Crippen LogP contribution in [0.4, 0.5) is 0 Å². The minimum atomic E-state index is -0.131. The van der Waals surface area contributed by atoms with Gasteiger partial charge in [0.2, 0.25) is 0 Å². The molecule has 1 atom stereocenters. The Hall–Kier alpha value is -2.62. The number of imidazole rings is 1. The molecule has 0 radical (unpaired) electrons. The predicted molar refractivity (Wildman–Crippen MR) is 84.4 cm³/mol. The SMILES string of the molecule is O=C1CC(n2c(-c3ccccc3)nc3ccccc32)CCO1. The van der Waals surface area contributed by atoms with Crippen molar-refractivity contribution in [1.82, 2.24) is 9.55 Å². The minimum Gasteiger partial charge on any atom is -0.466 e. The van der Waals surface area contributed by atoms with Crippen molar-refractivity contribution in [3.05, 3.63) is 54.6 Å². The normalized spacial score (nSPS) is 18.4. The highest BCUT2D eigenvalue weighted by Crippen LogP contribution is 2.32. The number of carbonyl (C=O) groups excluding carboxylic acids is 1. The van der Waals surface area contributed by atoms with E-state index in [-0.39, 0.29) is 12.0 Å². The molecule has 110 valence electrons. The van der Waals surface area contributed by atoms with Crippen molar-refractivity contribution in [2.45, 2.75) is 18.9 Å². The number of aromatic nitrogens is 2. The number of cyclic esters (lactones) is 1. The maximum absolute atomic E-state index is 11.7. The number of carbonyl (C=O) groups is 1. The molecular weight excluding hydrogens is 276 g/mol. The van der Waals surface area contributed by atoms with Crippen LogP contribution in [0.5, 0.6) is 0 Å². The summed E-state index contributed by atoms with van der Waals surface area (Å²) < 4.78 is 7.29. The molecular formula is C18H16N2O2. The Labute approximate surface area is 128 Å². The van der Waals surface area contributed by atoms with Gasteiger partial charge in [0.15, 0.2) is 0 Å². The quantitative estimate of drug-likeness (QED) is 0.678. The fourth-order valence-corrected chi connectivity index (χ4v) is 3.09. The van der Waals surface area contributed by atoms with Crippen molar-refractivity contribution >= 4 is 17.0 Å². The maximum atomic E-state index is 11.7. The Morgan fingerprint density at radius 2 is 1.82 bits per heavy atom. The van der Waals surface area contributed by atoms with Crippen molar-refractivity contribution in [2.75, 3.05) is 6.61 Å². The standard InChI is InChI=1S/C18H16N2O2/c21-17-12-14(10-11-22-17)20-16-9-5-4-8-15(16)19-18(20)13-6-2-1-3-7-13/h1-9,14H,10-12H2. The summed E-state index contributed by atoms with van der Waals surface area (Å²) >= 11 is 0. The lowest BCUT2D eigenvalue weighted by Gasteiger charge is -2.25. The second-order valence-corrected chi connectivity index (χ2v) is 5.53. The van der Waals surface area contributed by atoms with Crippen molar-refractivity contribution in [3.8, 4) is 11.4 Å². The molecule has 0 saturated carbocycles. The van der Waals surface area contributed by atoms with E-state index < -0.39 is 0 Å². The first-order valence-corrected chi connectivity index (χ1v) is 7.51. The van der Waals surface area contributed by atoms with Crippen molar-refractivity contribution in [3.63, 3.8) is 0 Å². The number of rotatable bonds is 2. The molecule has 1 aliphatic heterocycles. The molecule has 0 aliphatic carbocycles. The third-order valence-corrected chi connectivity index (χ3v) is 4.11. The number of fused-ring (bicyclic) bond motifs is 1. The predicted octanol–water partition coefficient (Wildman–Crippen LogP) is 3.58. The van der Waals surface area contributed by atoms with E-state index in [1.807, 2.05) is 36.4 Å². The third-order valence-electron chi connectivity index (χ3n) is 4.11. The zero-order valence-corrected chi connectivity index (χ0v) is 12.1. The van der Waals surface area contributed by atoms with Crippen LogP contribution in [0.3, 0.4) is 0 Å². The molecule has 0 N–H and O–H groups in total. The topological polar surface area (TPSA) is 44.1 Å². The van der Waals surface area contributed by atoms with Crippen molar-refractivity contribution in [2.24, 2.45) is 0 Å². The Kier molecular flexibility index (Phi) is 3.15. The molecule has 1 fully saturated rings. The number of hydrogen-bond donors (Lipinski definition) is 0. The number of ether oxygens (including phenoxy) is 1. The highest BCUT2D eigenvalue weighted by molar-refractivity contribution is 5.81. The summed E-state index contributed by atoms with van der Waals surface area (Å²) in [5.41, 5.74) is 3.10. The van der Waals surface area contributed by atoms with E-state index in [4.69, 9.17) is 9.72 Å². The van der Waals surface area contributed by atoms with E-state index in [1.54, 1.807) is 0 Å². The molecule has 2 aromatic carbocycles. The molecule has 1 aromatic heterocycles. The fraction of sp³-hybridized carbons (Fsp3) is 0.222. The van der Waals surface area contributed by atoms with Gasteiger partial charge in [-0.05, 0) is 12.1 Å². The van der Waals surface area contributed by atoms with E-state index in [2.05, 4.69) is 22.8 Å². The van der Waals surface area contributed by atoms with Gasteiger partial charge in [0, 0.05) is 18.0 Å². The molecule has 22 heavy (non-hydrogen) atoms. The van der Waals surface area contributed by atoms with E-state index in [0.717, 1.165) is 28.8 Å². The smallest absolute Gasteiger partial charge is 0.307 e. The second-order valence-electron chi connectivity index (χ2n) is 5.53. The zero-order valence-electron chi connectivity index (χ0n) is 12.1. The molecule has 0 bridgehead atoms. The number of esters is 1. The van der Waals surface area contributed by atoms with Gasteiger partial charge in [0.05, 0.1) is 24.1 Å². The Morgan fingerprint density at radius 3 is 2.64 bits per heavy atom. The van der Waals surface area contributed by atoms with Crippen molar-refractivity contribution < 1.29 is 9.53 Å². The van der Waals surface area contributed by atoms with Gasteiger partial charge in [-0.3, -0.25) is 4.79 Å². The lowest BCUT2D eigenvalue weighted by molar-refractivity contribution is -0.148. The van der Waals surface area contributed by atoms with Gasteiger partial charge in [-0.15, -0.1) is 0 Å². The molecule has 2 heterocycles. The Bertz CT molecular complexity index is 823. The third kappa shape index (κ3) is 2.17. The van der Waals surface area contributed by atoms with Crippen LogP contribution in [-0.4, -0.2) is 22.1 Å². The molecule has 1 saturated heterocycles. The summed E-state index contributed by atoms with van der Waals surface area (Å²) in [7, 11) is 0. The van der Waals surface area contributed by atoms with Gasteiger partial charge < -0.3 is 9.30 Å². The first kappa shape index (κ1) is 13.1. The molecule has 1 aliphatic rings. The van der Waals surface area contributed by atoms with Crippen LogP contribution >= 0.6 is 0 Å². The summed E-state index contributed by atoms with van der Waals surface area (Å²) in [6, 6.07) is 18.3. The maximum Gasteiger partial charge on any atom is 0.307 e. The molecule has 4 nitrogen and oxygen atoms in total. The molecule has 0 spiro atoms. The number of para-hydroxylation sites is 2. The lowest BCUT2D eigenvalue weighted by atomic mass is 10.1. The number of nitrogens with zero attached hydrogens (tertiary/aromatic N) is 2. The molecule has 4 heteroatoms. The van der Waals surface area contributed by atoms with Gasteiger partial charge in [0.1, 0.15) is 5.82 Å². The van der Waals surface area contributed by atoms with E-state index in [0.29, 0.717) is 13.0 Å². The van der Waals surface area contributed by atoms with Crippen LogP contribution in [0, 0.1) is 0 Å². The van der Waals surface area contributed by atoms with Gasteiger partial charge in [-0.1, -0.05) is 42.5 Å². The number of benzene rings is 2. The lowest BCUT2D eigenvalue weighted by Crippen LogP contribution is -2.24. The van der Waals surface area contributed by atoms with Gasteiger partial charge >= 0.3 is 5.97 Å². The van der Waals surface area contributed by atoms with Crippen LogP contribution in [0.2, 0.25) is 0 Å². The van der Waals surface area contributed by atoms with E-state index in [1.165, 1.54) is 0 Å². The summed E-state index contributed by atoms with van der Waals surface area (Å²) in [5, 5.41) is 0. The number of hydrogen-bond acceptors (Lipinski definition) is 3. The first-order chi connectivity index (χ1) is 10.8. The molecule has 0 amide bonds. The zero-order chi connectivity index (χ0) is 14.9. The molecule has 1 unspecified atom stereocenters. The minimum absolute atomic E-state index is 0.101. The first-order valence-electron chi connectivity index (χ1n) is 7.51. The average molecular weight is 292 g/mol. The summed E-state index contributed by atoms with van der Waals surface area (Å²) in [4.78, 5) is 16.5. The monoisotopic (exact) mass is 292 g/mol. The Balaban J connectivity index is 1.92. The fourth-order valence-electron chi connectivity index (χ4n) is 3.09. The van der Waals surface area contributed by atoms with Crippen LogP contribution in [0.1, 0.15) is 18.9 Å². The summed E-state index contributed by atoms with van der Waals surface area (Å²) in [5.74, 6) is 0.787. The molecule has 4 rings (SSSR count). The molecule has 3 aromatic rings. The Morgan fingerprint density at radius 1 is 1.05 bits per heavy atom. The van der Waals surface area contributed by atoms with E-state index in [9.17, 15) is 4.79 Å². The van der Waals surface area contributed by atoms with Crippen LogP contribution < -0.4 is 0 Å². The van der Waals surface area contributed by atoms with Gasteiger partial charge in [0.25, 0.3) is 0 Å². The summed E-state index contributed by atoms with van der Waals surface area (Å²) in [6.45, 7) is 0.476. The van der Waals surface area contributed by atoms with Crippen LogP contribution in [-0.2, 0) is 9.53 Å². The highest BCUT2D eigenvalue weighted by Gasteiger charge is 2.26. The van der Waals surface area contributed by atoms with Crippen molar-refractivity contribution in [1.29, 1.82) is 0 Å².